The Labute approximate surface area is 113 Å². The van der Waals surface area contributed by atoms with Gasteiger partial charge in [0.1, 0.15) is 6.61 Å². The largest absolute Gasteiger partial charge is 0.445 e. The molecular formula is C15H19NO3. The first-order chi connectivity index (χ1) is 9.24. The monoisotopic (exact) mass is 261 g/mol. The van der Waals surface area contributed by atoms with Crippen molar-refractivity contribution in [2.45, 2.75) is 38.0 Å². The number of aliphatic hydroxyl groups excluding tert-OH is 1. The average Bonchev–Trinajstić information content (AvgIpc) is 2.46. The van der Waals surface area contributed by atoms with Crippen LogP contribution in [0.4, 0.5) is 4.79 Å². The molecule has 4 heteroatoms. The molecule has 3 atom stereocenters. The van der Waals surface area contributed by atoms with Gasteiger partial charge in [-0.05, 0) is 30.7 Å². The first kappa shape index (κ1) is 12.5. The number of ether oxygens (including phenoxy) is 1. The maximum Gasteiger partial charge on any atom is 0.410 e. The molecule has 102 valence electrons. The Kier molecular flexibility index (Phi) is 3.42. The van der Waals surface area contributed by atoms with Gasteiger partial charge in [0.05, 0.1) is 12.1 Å². The summed E-state index contributed by atoms with van der Waals surface area (Å²) in [6, 6.07) is 9.61. The summed E-state index contributed by atoms with van der Waals surface area (Å²) in [6.45, 7) is 1.03. The van der Waals surface area contributed by atoms with E-state index in [2.05, 4.69) is 0 Å². The molecule has 2 aliphatic heterocycles. The lowest BCUT2D eigenvalue weighted by atomic mass is 9.78. The van der Waals surface area contributed by atoms with Crippen LogP contribution in [0.25, 0.3) is 0 Å². The van der Waals surface area contributed by atoms with Crippen molar-refractivity contribution in [2.24, 2.45) is 5.92 Å². The Balaban J connectivity index is 1.59. The normalized spacial score (nSPS) is 29.3. The third-order valence-corrected chi connectivity index (χ3v) is 4.18. The van der Waals surface area contributed by atoms with Crippen molar-refractivity contribution in [1.82, 2.24) is 4.90 Å². The number of benzene rings is 1. The Hall–Kier alpha value is -1.55. The van der Waals surface area contributed by atoms with Gasteiger partial charge in [0.2, 0.25) is 0 Å². The van der Waals surface area contributed by atoms with Gasteiger partial charge in [-0.15, -0.1) is 0 Å². The molecule has 3 aliphatic rings. The Bertz CT molecular complexity index is 448. The summed E-state index contributed by atoms with van der Waals surface area (Å²) >= 11 is 0. The third-order valence-electron chi connectivity index (χ3n) is 4.18. The predicted octanol–water partition coefficient (Wildman–Crippen LogP) is 2.17. The minimum atomic E-state index is -0.378. The van der Waals surface area contributed by atoms with E-state index >= 15 is 0 Å². The number of hydrogen-bond acceptors (Lipinski definition) is 3. The van der Waals surface area contributed by atoms with Crippen molar-refractivity contribution in [3.63, 3.8) is 0 Å². The van der Waals surface area contributed by atoms with Crippen LogP contribution in [0.2, 0.25) is 0 Å². The number of carbonyl (C=O) groups is 1. The molecule has 3 unspecified atom stereocenters. The average molecular weight is 261 g/mol. The highest BCUT2D eigenvalue weighted by Gasteiger charge is 2.42. The first-order valence-electron chi connectivity index (χ1n) is 6.89. The quantitative estimate of drug-likeness (QED) is 0.887. The molecule has 1 aromatic rings. The summed E-state index contributed by atoms with van der Waals surface area (Å²) in [4.78, 5) is 13.8. The van der Waals surface area contributed by atoms with Gasteiger partial charge in [0.25, 0.3) is 0 Å². The second kappa shape index (κ2) is 5.21. The zero-order valence-corrected chi connectivity index (χ0v) is 10.9. The highest BCUT2D eigenvalue weighted by molar-refractivity contribution is 5.68. The first-order valence-corrected chi connectivity index (χ1v) is 6.89. The zero-order valence-electron chi connectivity index (χ0n) is 10.9. The maximum absolute atomic E-state index is 12.1. The van der Waals surface area contributed by atoms with E-state index in [0.29, 0.717) is 12.5 Å². The minimum Gasteiger partial charge on any atom is -0.445 e. The van der Waals surface area contributed by atoms with E-state index in [-0.39, 0.29) is 18.2 Å². The van der Waals surface area contributed by atoms with E-state index < -0.39 is 0 Å². The molecule has 1 saturated carbocycles. The van der Waals surface area contributed by atoms with Gasteiger partial charge in [-0.2, -0.15) is 0 Å². The van der Waals surface area contributed by atoms with E-state index in [0.717, 1.165) is 31.4 Å². The van der Waals surface area contributed by atoms with Crippen LogP contribution in [0.1, 0.15) is 24.8 Å². The van der Waals surface area contributed by atoms with Crippen molar-refractivity contribution >= 4 is 6.09 Å². The van der Waals surface area contributed by atoms with Crippen LogP contribution in [-0.4, -0.2) is 34.8 Å². The van der Waals surface area contributed by atoms with Gasteiger partial charge in [-0.3, -0.25) is 0 Å². The van der Waals surface area contributed by atoms with Crippen molar-refractivity contribution in [3.05, 3.63) is 35.9 Å². The lowest BCUT2D eigenvalue weighted by Gasteiger charge is -2.47. The van der Waals surface area contributed by atoms with Gasteiger partial charge in [-0.25, -0.2) is 4.79 Å². The van der Waals surface area contributed by atoms with E-state index in [9.17, 15) is 9.90 Å². The van der Waals surface area contributed by atoms with Gasteiger partial charge in [0, 0.05) is 6.54 Å². The molecule has 3 fully saturated rings. The molecule has 0 aromatic heterocycles. The van der Waals surface area contributed by atoms with Crippen LogP contribution in [0.5, 0.6) is 0 Å². The van der Waals surface area contributed by atoms with Crippen LogP contribution in [0.15, 0.2) is 30.3 Å². The second-order valence-corrected chi connectivity index (χ2v) is 5.51. The summed E-state index contributed by atoms with van der Waals surface area (Å²) in [7, 11) is 0. The number of hydrogen-bond donors (Lipinski definition) is 1. The summed E-state index contributed by atoms with van der Waals surface area (Å²) in [5.74, 6) is 0.435. The van der Waals surface area contributed by atoms with Gasteiger partial charge >= 0.3 is 6.09 Å². The molecule has 1 N–H and O–H groups in total. The van der Waals surface area contributed by atoms with E-state index in [4.69, 9.17) is 4.74 Å². The van der Waals surface area contributed by atoms with Crippen LogP contribution in [0, 0.1) is 5.92 Å². The highest BCUT2D eigenvalue weighted by atomic mass is 16.6. The number of piperidine rings is 2. The molecule has 0 radical (unpaired) electrons. The van der Waals surface area contributed by atoms with E-state index in [1.807, 2.05) is 30.3 Å². The fraction of sp³-hybridized carbons (Fsp3) is 0.533. The summed E-state index contributed by atoms with van der Waals surface area (Å²) in [6.07, 6.45) is 2.16. The standard InChI is InChI=1S/C15H19NO3/c17-14-8-12-6-7-13(14)16(9-12)15(18)19-10-11-4-2-1-3-5-11/h1-5,12-14,17H,6-10H2. The number of nitrogens with zero attached hydrogens (tertiary/aromatic N) is 1. The predicted molar refractivity (Wildman–Crippen MR) is 70.5 cm³/mol. The fourth-order valence-corrected chi connectivity index (χ4v) is 3.17. The second-order valence-electron chi connectivity index (χ2n) is 5.51. The van der Waals surface area contributed by atoms with Crippen molar-refractivity contribution in [1.29, 1.82) is 0 Å². The lowest BCUT2D eigenvalue weighted by Crippen LogP contribution is -2.57. The van der Waals surface area contributed by atoms with Crippen LogP contribution >= 0.6 is 0 Å². The molecule has 2 heterocycles. The molecule has 19 heavy (non-hydrogen) atoms. The maximum atomic E-state index is 12.1. The topological polar surface area (TPSA) is 49.8 Å². The minimum absolute atomic E-state index is 0.0479. The molecule has 1 amide bonds. The summed E-state index contributed by atoms with van der Waals surface area (Å²) < 4.78 is 5.34. The molecule has 1 aromatic carbocycles. The SMILES string of the molecule is O=C(OCc1ccccc1)N1CC2CCC1C(O)C2. The third kappa shape index (κ3) is 2.59. The number of rotatable bonds is 2. The summed E-state index contributed by atoms with van der Waals surface area (Å²) in [5.41, 5.74) is 0.985. The van der Waals surface area contributed by atoms with Crippen molar-refractivity contribution in [2.75, 3.05) is 6.54 Å². The summed E-state index contributed by atoms with van der Waals surface area (Å²) in [5, 5.41) is 9.95. The Morgan fingerprint density at radius 2 is 2.11 bits per heavy atom. The van der Waals surface area contributed by atoms with Crippen molar-refractivity contribution in [3.8, 4) is 0 Å². The molecule has 2 bridgehead atoms. The van der Waals surface area contributed by atoms with Crippen LogP contribution in [0.3, 0.4) is 0 Å². The number of amides is 1. The molecule has 1 aliphatic carbocycles. The molecule has 4 nitrogen and oxygen atoms in total. The fourth-order valence-electron chi connectivity index (χ4n) is 3.17. The molecular weight excluding hydrogens is 242 g/mol. The molecule has 0 spiro atoms. The van der Waals surface area contributed by atoms with Crippen LogP contribution in [-0.2, 0) is 11.3 Å². The van der Waals surface area contributed by atoms with E-state index in [1.54, 1.807) is 4.90 Å². The smallest absolute Gasteiger partial charge is 0.410 e. The Morgan fingerprint density at radius 3 is 2.79 bits per heavy atom. The van der Waals surface area contributed by atoms with Gasteiger partial charge in [0.15, 0.2) is 0 Å². The molecule has 2 saturated heterocycles. The zero-order chi connectivity index (χ0) is 13.2. The van der Waals surface area contributed by atoms with Crippen molar-refractivity contribution < 1.29 is 14.6 Å². The van der Waals surface area contributed by atoms with Crippen LogP contribution < -0.4 is 0 Å². The van der Waals surface area contributed by atoms with Gasteiger partial charge < -0.3 is 14.7 Å². The number of carbonyl (C=O) groups excluding carboxylic acids is 1. The van der Waals surface area contributed by atoms with E-state index in [1.165, 1.54) is 0 Å². The molecule has 4 rings (SSSR count). The highest BCUT2D eigenvalue weighted by Crippen LogP contribution is 2.35. The van der Waals surface area contributed by atoms with Gasteiger partial charge in [-0.1, -0.05) is 30.3 Å². The lowest BCUT2D eigenvalue weighted by molar-refractivity contribution is -0.0503. The number of fused-ring (bicyclic) bond motifs is 3. The number of aliphatic hydroxyl groups is 1. The Morgan fingerprint density at radius 1 is 1.32 bits per heavy atom.